The van der Waals surface area contributed by atoms with Crippen molar-refractivity contribution in [2.24, 2.45) is 0 Å². The number of likely N-dealkylation sites (tertiary alicyclic amines) is 1. The number of carbonyl (C=O) groups is 1. The number of ether oxygens (including phenoxy) is 2. The van der Waals surface area contributed by atoms with Crippen molar-refractivity contribution in [3.8, 4) is 11.9 Å². The first kappa shape index (κ1) is 21.4. The number of nitrogens with two attached hydrogens (primary N) is 1. The molecule has 0 unspecified atom stereocenters. The van der Waals surface area contributed by atoms with Crippen molar-refractivity contribution in [2.45, 2.75) is 44.9 Å². The molecule has 0 bridgehead atoms. The van der Waals surface area contributed by atoms with Crippen molar-refractivity contribution in [2.75, 3.05) is 18.8 Å². The second kappa shape index (κ2) is 8.04. The van der Waals surface area contributed by atoms with Crippen molar-refractivity contribution >= 4 is 22.8 Å². The van der Waals surface area contributed by atoms with E-state index in [0.29, 0.717) is 36.5 Å². The number of hydrogen-bond donors (Lipinski definition) is 1. The summed E-state index contributed by atoms with van der Waals surface area (Å²) in [4.78, 5) is 18.4. The molecular formula is C23H26N6O3. The molecule has 1 aliphatic heterocycles. The van der Waals surface area contributed by atoms with Crippen LogP contribution in [0.4, 0.5) is 10.6 Å². The Balaban J connectivity index is 1.62. The van der Waals surface area contributed by atoms with Crippen LogP contribution in [0.3, 0.4) is 0 Å². The first-order chi connectivity index (χ1) is 15.2. The summed E-state index contributed by atoms with van der Waals surface area (Å²) in [5.74, 6) is 0.648. The molecular weight excluding hydrogens is 408 g/mol. The standard InChI is InChI=1S/C23H26N6O3/c1-22(2,3)32-21(30)28-14-23(15-28,10-11-24)29-17-9-12-26-20(18(17)19(25)27-29)31-13-16-7-5-4-6-8-16/h4-9,12H,10,13-15H2,1-3H3,(H2,25,27). The molecule has 1 amide bonds. The fourth-order valence-electron chi connectivity index (χ4n) is 3.85. The lowest BCUT2D eigenvalue weighted by Crippen LogP contribution is -2.64. The third-order valence-corrected chi connectivity index (χ3v) is 5.28. The van der Waals surface area contributed by atoms with Gasteiger partial charge in [-0.05, 0) is 32.4 Å². The normalized spacial score (nSPS) is 15.1. The number of nitrogen functional groups attached to an aromatic ring is 1. The molecule has 1 fully saturated rings. The van der Waals surface area contributed by atoms with E-state index in [1.807, 2.05) is 51.1 Å². The zero-order valence-electron chi connectivity index (χ0n) is 18.4. The highest BCUT2D eigenvalue weighted by Crippen LogP contribution is 2.39. The lowest BCUT2D eigenvalue weighted by Gasteiger charge is -2.48. The minimum absolute atomic E-state index is 0.172. The van der Waals surface area contributed by atoms with E-state index in [2.05, 4.69) is 16.2 Å². The maximum atomic E-state index is 12.4. The van der Waals surface area contributed by atoms with Crippen molar-refractivity contribution in [1.82, 2.24) is 19.7 Å². The summed E-state index contributed by atoms with van der Waals surface area (Å²) in [5.41, 5.74) is 6.68. The predicted octanol–water partition coefficient (Wildman–Crippen LogP) is 3.45. The Morgan fingerprint density at radius 1 is 1.25 bits per heavy atom. The Kier molecular flexibility index (Phi) is 5.38. The van der Waals surface area contributed by atoms with Gasteiger partial charge in [-0.1, -0.05) is 30.3 Å². The van der Waals surface area contributed by atoms with Gasteiger partial charge in [0.15, 0.2) is 5.82 Å². The molecule has 4 rings (SSSR count). The average molecular weight is 435 g/mol. The number of nitrogens with zero attached hydrogens (tertiary/aromatic N) is 5. The summed E-state index contributed by atoms with van der Waals surface area (Å²) in [7, 11) is 0. The number of pyridine rings is 1. The SMILES string of the molecule is CC(C)(C)OC(=O)N1CC(CC#N)(n2nc(N)c3c(OCc4ccccc4)nccc32)C1. The maximum absolute atomic E-state index is 12.4. The third kappa shape index (κ3) is 4.04. The lowest BCUT2D eigenvalue weighted by atomic mass is 9.87. The van der Waals surface area contributed by atoms with Crippen LogP contribution in [-0.4, -0.2) is 44.4 Å². The Morgan fingerprint density at radius 3 is 2.62 bits per heavy atom. The quantitative estimate of drug-likeness (QED) is 0.653. The van der Waals surface area contributed by atoms with Gasteiger partial charge >= 0.3 is 6.09 Å². The van der Waals surface area contributed by atoms with Crippen LogP contribution in [0, 0.1) is 11.3 Å². The Hall–Kier alpha value is -3.80. The molecule has 1 aromatic carbocycles. The van der Waals surface area contributed by atoms with Crippen LogP contribution < -0.4 is 10.5 Å². The van der Waals surface area contributed by atoms with E-state index in [9.17, 15) is 10.1 Å². The topological polar surface area (TPSA) is 119 Å². The van der Waals surface area contributed by atoms with Gasteiger partial charge in [-0.15, -0.1) is 0 Å². The molecule has 0 atom stereocenters. The molecule has 1 saturated heterocycles. The number of hydrogen-bond acceptors (Lipinski definition) is 7. The van der Waals surface area contributed by atoms with E-state index >= 15 is 0 Å². The number of rotatable bonds is 5. The molecule has 9 nitrogen and oxygen atoms in total. The largest absolute Gasteiger partial charge is 0.472 e. The van der Waals surface area contributed by atoms with Gasteiger partial charge in [0.1, 0.15) is 23.1 Å². The number of nitriles is 1. The first-order valence-corrected chi connectivity index (χ1v) is 10.4. The van der Waals surface area contributed by atoms with Gasteiger partial charge in [-0.2, -0.15) is 10.4 Å². The Morgan fingerprint density at radius 2 is 1.97 bits per heavy atom. The summed E-state index contributed by atoms with van der Waals surface area (Å²) in [6, 6.07) is 13.8. The summed E-state index contributed by atoms with van der Waals surface area (Å²) in [6.45, 7) is 6.40. The van der Waals surface area contributed by atoms with E-state index in [1.54, 1.807) is 21.8 Å². The van der Waals surface area contributed by atoms with Crippen LogP contribution in [-0.2, 0) is 16.9 Å². The van der Waals surface area contributed by atoms with E-state index in [0.717, 1.165) is 5.56 Å². The van der Waals surface area contributed by atoms with Gasteiger partial charge in [0.2, 0.25) is 5.88 Å². The molecule has 1 aliphatic rings. The molecule has 166 valence electrons. The number of aromatic nitrogens is 3. The number of anilines is 1. The van der Waals surface area contributed by atoms with Gasteiger partial charge in [0.25, 0.3) is 0 Å². The average Bonchev–Trinajstić information content (AvgIpc) is 3.06. The Bertz CT molecular complexity index is 1170. The molecule has 0 spiro atoms. The van der Waals surface area contributed by atoms with E-state index in [-0.39, 0.29) is 12.2 Å². The Labute approximate surface area is 186 Å². The van der Waals surface area contributed by atoms with Crippen molar-refractivity contribution in [1.29, 1.82) is 5.26 Å². The van der Waals surface area contributed by atoms with Crippen molar-refractivity contribution in [3.05, 3.63) is 48.2 Å². The highest BCUT2D eigenvalue weighted by molar-refractivity contribution is 5.93. The number of carbonyl (C=O) groups excluding carboxylic acids is 1. The molecule has 9 heteroatoms. The first-order valence-electron chi connectivity index (χ1n) is 10.4. The highest BCUT2D eigenvalue weighted by atomic mass is 16.6. The highest BCUT2D eigenvalue weighted by Gasteiger charge is 2.49. The molecule has 2 aromatic heterocycles. The lowest BCUT2D eigenvalue weighted by molar-refractivity contribution is -0.0298. The van der Waals surface area contributed by atoms with Gasteiger partial charge in [0, 0.05) is 6.20 Å². The fraction of sp³-hybridized carbons (Fsp3) is 0.391. The molecule has 0 aliphatic carbocycles. The summed E-state index contributed by atoms with van der Waals surface area (Å²) < 4.78 is 13.1. The zero-order valence-corrected chi connectivity index (χ0v) is 18.4. The molecule has 3 heterocycles. The van der Waals surface area contributed by atoms with Crippen LogP contribution in [0.1, 0.15) is 32.8 Å². The number of amides is 1. The zero-order chi connectivity index (χ0) is 22.9. The second-order valence-corrected chi connectivity index (χ2v) is 8.98. The van der Waals surface area contributed by atoms with E-state index in [1.165, 1.54) is 0 Å². The molecule has 0 radical (unpaired) electrons. The molecule has 2 N–H and O–H groups in total. The third-order valence-electron chi connectivity index (χ3n) is 5.28. The van der Waals surface area contributed by atoms with Gasteiger partial charge in [-0.3, -0.25) is 4.68 Å². The van der Waals surface area contributed by atoms with Crippen molar-refractivity contribution in [3.63, 3.8) is 0 Å². The van der Waals surface area contributed by atoms with Gasteiger partial charge in [-0.25, -0.2) is 9.78 Å². The number of benzene rings is 1. The van der Waals surface area contributed by atoms with Crippen LogP contribution in [0.5, 0.6) is 5.88 Å². The number of fused-ring (bicyclic) bond motifs is 1. The van der Waals surface area contributed by atoms with Crippen LogP contribution in [0.15, 0.2) is 42.6 Å². The smallest absolute Gasteiger partial charge is 0.410 e. The van der Waals surface area contributed by atoms with E-state index < -0.39 is 17.2 Å². The maximum Gasteiger partial charge on any atom is 0.410 e. The molecule has 0 saturated carbocycles. The van der Waals surface area contributed by atoms with Crippen LogP contribution >= 0.6 is 0 Å². The van der Waals surface area contributed by atoms with Gasteiger partial charge < -0.3 is 20.1 Å². The molecule has 32 heavy (non-hydrogen) atoms. The van der Waals surface area contributed by atoms with Crippen LogP contribution in [0.25, 0.3) is 10.9 Å². The predicted molar refractivity (Wildman–Crippen MR) is 119 cm³/mol. The monoisotopic (exact) mass is 434 g/mol. The fourth-order valence-corrected chi connectivity index (χ4v) is 3.85. The summed E-state index contributed by atoms with van der Waals surface area (Å²) in [5, 5.41) is 14.6. The molecule has 3 aromatic rings. The van der Waals surface area contributed by atoms with Gasteiger partial charge in [0.05, 0.1) is 31.1 Å². The minimum atomic E-state index is -0.695. The minimum Gasteiger partial charge on any atom is -0.472 e. The van der Waals surface area contributed by atoms with E-state index in [4.69, 9.17) is 15.2 Å². The summed E-state index contributed by atoms with van der Waals surface area (Å²) in [6.07, 6.45) is 1.39. The van der Waals surface area contributed by atoms with Crippen LogP contribution in [0.2, 0.25) is 0 Å². The second-order valence-electron chi connectivity index (χ2n) is 8.98. The van der Waals surface area contributed by atoms with Crippen molar-refractivity contribution < 1.29 is 14.3 Å². The summed E-state index contributed by atoms with van der Waals surface area (Å²) >= 11 is 0.